The second-order valence-corrected chi connectivity index (χ2v) is 18.2. The Morgan fingerprint density at radius 2 is 0.817 bits per heavy atom. The number of nitriles is 6. The molecule has 3 aromatic rings. The highest BCUT2D eigenvalue weighted by molar-refractivity contribution is 5.82. The van der Waals surface area contributed by atoms with Gasteiger partial charge < -0.3 is 58.9 Å². The first-order valence-electron chi connectivity index (χ1n) is 26.9. The molecule has 82 heavy (non-hydrogen) atoms. The molecule has 424 valence electrons. The fourth-order valence-electron chi connectivity index (χ4n) is 9.15. The van der Waals surface area contributed by atoms with E-state index >= 15 is 0 Å². The van der Waals surface area contributed by atoms with E-state index < -0.39 is 18.6 Å². The molecule has 2 amide bonds. The Balaban J connectivity index is 1.11. The van der Waals surface area contributed by atoms with Crippen molar-refractivity contribution in [2.45, 2.75) is 48.0 Å². The molecule has 1 atom stereocenters. The van der Waals surface area contributed by atoms with Crippen LogP contribution in [0, 0.1) is 68.0 Å². The lowest BCUT2D eigenvalue weighted by Gasteiger charge is -2.26. The first-order valence-corrected chi connectivity index (χ1v) is 26.9. The number of allylic oxidation sites excluding steroid dienone is 6. The third kappa shape index (κ3) is 15.7. The number of hydrogen-bond acceptors (Lipinski definition) is 20. The summed E-state index contributed by atoms with van der Waals surface area (Å²) in [4.78, 5) is 34.8. The number of benzene rings is 3. The summed E-state index contributed by atoms with van der Waals surface area (Å²) in [7, 11) is 0. The van der Waals surface area contributed by atoms with Crippen molar-refractivity contribution in [3.63, 3.8) is 0 Å². The van der Waals surface area contributed by atoms with Gasteiger partial charge in [0.1, 0.15) is 66.9 Å². The molecule has 0 bridgehead atoms. The summed E-state index contributed by atoms with van der Waals surface area (Å²) in [6.07, 6.45) is 1.56. The van der Waals surface area contributed by atoms with Crippen LogP contribution in [0.5, 0.6) is 17.2 Å². The highest BCUT2D eigenvalue weighted by Crippen LogP contribution is 2.40. The van der Waals surface area contributed by atoms with Crippen molar-refractivity contribution < 1.29 is 43.1 Å². The fourth-order valence-corrected chi connectivity index (χ4v) is 9.15. The van der Waals surface area contributed by atoms with Gasteiger partial charge in [-0.15, -0.1) is 0 Å². The summed E-state index contributed by atoms with van der Waals surface area (Å²) in [6.45, 7) is 17.1. The SMILES string of the molecule is CCN(CC)c1ccc2c(c1)OC(=C(C#N)C#N)C=C2COC(=O)NCCN(CCNC(=O)OCC1=CC(=C(C#N)C#N)Oc2cc(N(CC)CC)ccc21)CCNC(O)OCC1=CC(=C(C#N)C#N)Oc2cc(N(CC)CC)ccc21. The number of nitrogens with zero attached hydrogens (tertiary/aromatic N) is 10. The molecule has 0 fully saturated rings. The van der Waals surface area contributed by atoms with E-state index in [0.29, 0.717) is 50.7 Å². The molecule has 22 heteroatoms. The number of alkyl carbamates (subject to hydrolysis) is 2. The molecule has 1 unspecified atom stereocenters. The van der Waals surface area contributed by atoms with Crippen LogP contribution in [0.15, 0.2) is 107 Å². The second kappa shape index (κ2) is 30.5. The van der Waals surface area contributed by atoms with Gasteiger partial charge in [-0.05, 0) is 102 Å². The molecule has 3 aliphatic heterocycles. The topological polar surface area (TPSA) is 302 Å². The first kappa shape index (κ1) is 61.4. The van der Waals surface area contributed by atoms with E-state index in [1.165, 1.54) is 18.2 Å². The van der Waals surface area contributed by atoms with Crippen LogP contribution in [0.2, 0.25) is 0 Å². The van der Waals surface area contributed by atoms with Crippen LogP contribution in [0.3, 0.4) is 0 Å². The Kier molecular flexibility index (Phi) is 22.9. The molecule has 3 aromatic carbocycles. The number of ether oxygens (including phenoxy) is 6. The summed E-state index contributed by atoms with van der Waals surface area (Å²) < 4.78 is 35.2. The van der Waals surface area contributed by atoms with Crippen molar-refractivity contribution in [2.75, 3.05) is 113 Å². The predicted octanol–water partition coefficient (Wildman–Crippen LogP) is 7.49. The number of aliphatic hydroxyl groups is 1. The second-order valence-electron chi connectivity index (χ2n) is 18.2. The van der Waals surface area contributed by atoms with Crippen LogP contribution in [-0.2, 0) is 14.2 Å². The van der Waals surface area contributed by atoms with Crippen molar-refractivity contribution in [3.05, 3.63) is 124 Å². The molecular weight excluding hydrogens is 1050 g/mol. The highest BCUT2D eigenvalue weighted by Gasteiger charge is 2.26. The molecule has 0 radical (unpaired) electrons. The van der Waals surface area contributed by atoms with E-state index in [9.17, 15) is 46.3 Å². The van der Waals surface area contributed by atoms with Crippen LogP contribution in [-0.4, -0.2) is 127 Å². The van der Waals surface area contributed by atoms with Crippen molar-refractivity contribution in [1.82, 2.24) is 20.9 Å². The van der Waals surface area contributed by atoms with Gasteiger partial charge >= 0.3 is 12.2 Å². The zero-order valence-electron chi connectivity index (χ0n) is 46.8. The van der Waals surface area contributed by atoms with Gasteiger partial charge in [0.2, 0.25) is 6.41 Å². The lowest BCUT2D eigenvalue weighted by molar-refractivity contribution is -0.109. The Hall–Kier alpha value is -9.78. The predicted molar refractivity (Wildman–Crippen MR) is 306 cm³/mol. The quantitative estimate of drug-likeness (QED) is 0.0447. The van der Waals surface area contributed by atoms with Gasteiger partial charge in [0, 0.05) is 142 Å². The Morgan fingerprint density at radius 3 is 1.13 bits per heavy atom. The number of carbonyl (C=O) groups excluding carboxylic acids is 2. The van der Waals surface area contributed by atoms with Crippen LogP contribution < -0.4 is 44.9 Å². The van der Waals surface area contributed by atoms with E-state index in [1.807, 2.05) is 137 Å². The molecule has 22 nitrogen and oxygen atoms in total. The van der Waals surface area contributed by atoms with Crippen LogP contribution >= 0.6 is 0 Å². The molecule has 4 N–H and O–H groups in total. The average Bonchev–Trinajstić information content (AvgIpc) is 3.35. The van der Waals surface area contributed by atoms with Gasteiger partial charge in [-0.1, -0.05) is 0 Å². The number of hydrogen-bond donors (Lipinski definition) is 4. The van der Waals surface area contributed by atoms with E-state index in [2.05, 4.69) is 30.7 Å². The van der Waals surface area contributed by atoms with Gasteiger partial charge in [0.15, 0.2) is 34.0 Å². The van der Waals surface area contributed by atoms with Crippen molar-refractivity contribution in [3.8, 4) is 53.7 Å². The summed E-state index contributed by atoms with van der Waals surface area (Å²) in [5.74, 6) is 1.35. The van der Waals surface area contributed by atoms with Gasteiger partial charge in [-0.3, -0.25) is 10.2 Å². The maximum absolute atomic E-state index is 13.3. The average molecular weight is 1110 g/mol. The highest BCUT2D eigenvalue weighted by atomic mass is 16.6. The molecule has 3 heterocycles. The molecule has 0 aliphatic carbocycles. The Morgan fingerprint density at radius 1 is 0.500 bits per heavy atom. The monoisotopic (exact) mass is 1110 g/mol. The summed E-state index contributed by atoms with van der Waals surface area (Å²) in [6, 6.07) is 27.9. The standard InChI is InChI=1S/C60H65N13O9/c1-7-71(8-2)46-13-16-49-40(25-52(43(31-61)32-62)80-55(49)28-46)37-77-58(74)67-19-22-70(23-20-68-59(75)78-38-41-26-53(44(33-63)34-64)81-56-29-47(14-17-50(41)56)72(9-3)10-4)24-21-69-60(76)79-39-42-27-54(45(35-65)36-66)82-57-30-48(15-18-51(42)57)73(11-5)12-6/h13-18,25-30,58,67,74H,7-12,19-24,37-39H2,1-6H3,(H,68,75)(H,69,76). The lowest BCUT2D eigenvalue weighted by atomic mass is 10.00. The van der Waals surface area contributed by atoms with Gasteiger partial charge in [-0.2, -0.15) is 31.6 Å². The van der Waals surface area contributed by atoms with E-state index in [4.69, 9.17) is 28.4 Å². The summed E-state index contributed by atoms with van der Waals surface area (Å²) in [5, 5.41) is 77.4. The molecular formula is C60H65N13O9. The van der Waals surface area contributed by atoms with Crippen molar-refractivity contribution in [1.29, 1.82) is 31.6 Å². The maximum atomic E-state index is 13.3. The van der Waals surface area contributed by atoms with Crippen LogP contribution in [0.4, 0.5) is 26.7 Å². The fraction of sp³-hybridized carbons (Fsp3) is 0.367. The maximum Gasteiger partial charge on any atom is 0.407 e. The van der Waals surface area contributed by atoms with Gasteiger partial charge in [0.25, 0.3) is 0 Å². The molecule has 0 spiro atoms. The number of aliphatic hydroxyl groups excluding tert-OH is 1. The molecule has 6 rings (SSSR count). The van der Waals surface area contributed by atoms with Crippen LogP contribution in [0.1, 0.15) is 58.2 Å². The summed E-state index contributed by atoms with van der Waals surface area (Å²) >= 11 is 0. The first-order chi connectivity index (χ1) is 39.8. The van der Waals surface area contributed by atoms with E-state index in [-0.39, 0.29) is 93.1 Å². The van der Waals surface area contributed by atoms with Crippen molar-refractivity contribution in [2.24, 2.45) is 0 Å². The lowest BCUT2D eigenvalue weighted by Crippen LogP contribution is -2.44. The summed E-state index contributed by atoms with van der Waals surface area (Å²) in [5.41, 5.74) is 5.40. The zero-order chi connectivity index (χ0) is 59.1. The smallest absolute Gasteiger partial charge is 0.407 e. The third-order valence-electron chi connectivity index (χ3n) is 13.6. The Labute approximate surface area is 478 Å². The number of nitrogens with one attached hydrogen (secondary N) is 3. The van der Waals surface area contributed by atoms with Gasteiger partial charge in [-0.25, -0.2) is 9.59 Å². The molecule has 0 aromatic heterocycles. The largest absolute Gasteiger partial charge is 0.454 e. The number of fused-ring (bicyclic) bond motifs is 3. The third-order valence-corrected chi connectivity index (χ3v) is 13.6. The normalized spacial score (nSPS) is 13.0. The molecule has 0 saturated carbocycles. The number of anilines is 3. The number of rotatable bonds is 26. The Bertz CT molecular complexity index is 3110. The minimum atomic E-state index is -1.48. The van der Waals surface area contributed by atoms with E-state index in [0.717, 1.165) is 56.3 Å². The zero-order valence-corrected chi connectivity index (χ0v) is 46.8. The number of carbonyl (C=O) groups is 2. The van der Waals surface area contributed by atoms with E-state index in [1.54, 1.807) is 0 Å². The van der Waals surface area contributed by atoms with Crippen LogP contribution in [0.25, 0.3) is 16.7 Å². The minimum Gasteiger partial charge on any atom is -0.454 e. The molecule has 3 aliphatic rings. The number of amides is 2. The van der Waals surface area contributed by atoms with Crippen molar-refractivity contribution >= 4 is 46.0 Å². The van der Waals surface area contributed by atoms with Gasteiger partial charge in [0.05, 0.1) is 6.61 Å². The molecule has 0 saturated heterocycles. The minimum absolute atomic E-state index is 0.0312.